The standard InChI is InChI=1S/C15H9F2N3O2/c16-8-4-3-5-9(17)11(8)15-20-12(14(18)21)13(22-15)10-6-1-2-7-19-10/h1-7H,(H2,18,21). The highest BCUT2D eigenvalue weighted by atomic mass is 19.1. The number of pyridine rings is 1. The zero-order valence-electron chi connectivity index (χ0n) is 11.1. The number of aromatic nitrogens is 2. The Bertz CT molecular complexity index is 827. The molecule has 0 aliphatic rings. The Balaban J connectivity index is 2.22. The molecule has 0 fully saturated rings. The van der Waals surface area contributed by atoms with Crippen molar-refractivity contribution in [1.29, 1.82) is 0 Å². The van der Waals surface area contributed by atoms with Crippen molar-refractivity contribution < 1.29 is 18.0 Å². The zero-order valence-corrected chi connectivity index (χ0v) is 11.1. The first-order valence-corrected chi connectivity index (χ1v) is 6.24. The molecule has 2 N–H and O–H groups in total. The smallest absolute Gasteiger partial charge is 0.271 e. The van der Waals surface area contributed by atoms with Gasteiger partial charge in [-0.2, -0.15) is 0 Å². The highest BCUT2D eigenvalue weighted by Gasteiger charge is 2.24. The van der Waals surface area contributed by atoms with Gasteiger partial charge in [-0.3, -0.25) is 9.78 Å². The van der Waals surface area contributed by atoms with Crippen LogP contribution in [-0.2, 0) is 0 Å². The summed E-state index contributed by atoms with van der Waals surface area (Å²) >= 11 is 0. The van der Waals surface area contributed by atoms with Gasteiger partial charge in [-0.15, -0.1) is 0 Å². The van der Waals surface area contributed by atoms with Crippen LogP contribution in [0.2, 0.25) is 0 Å². The maximum atomic E-state index is 13.8. The van der Waals surface area contributed by atoms with Crippen LogP contribution in [0.1, 0.15) is 10.5 Å². The van der Waals surface area contributed by atoms with Crippen LogP contribution in [-0.4, -0.2) is 15.9 Å². The minimum absolute atomic E-state index is 0.0363. The van der Waals surface area contributed by atoms with Crippen LogP contribution in [0.5, 0.6) is 0 Å². The number of benzene rings is 1. The van der Waals surface area contributed by atoms with Crippen molar-refractivity contribution in [3.63, 3.8) is 0 Å². The molecular formula is C15H9F2N3O2. The van der Waals surface area contributed by atoms with Crippen molar-refractivity contribution in [3.8, 4) is 22.9 Å². The zero-order chi connectivity index (χ0) is 15.7. The van der Waals surface area contributed by atoms with Crippen molar-refractivity contribution in [2.24, 2.45) is 5.73 Å². The minimum atomic E-state index is -0.882. The lowest BCUT2D eigenvalue weighted by Crippen LogP contribution is -2.12. The predicted molar refractivity (Wildman–Crippen MR) is 73.6 cm³/mol. The van der Waals surface area contributed by atoms with E-state index in [9.17, 15) is 13.6 Å². The third-order valence-electron chi connectivity index (χ3n) is 2.93. The van der Waals surface area contributed by atoms with Crippen LogP contribution in [0, 0.1) is 11.6 Å². The molecule has 3 aromatic rings. The van der Waals surface area contributed by atoms with Crippen molar-refractivity contribution in [1.82, 2.24) is 9.97 Å². The van der Waals surface area contributed by atoms with E-state index in [0.717, 1.165) is 12.1 Å². The molecule has 0 bridgehead atoms. The van der Waals surface area contributed by atoms with E-state index in [-0.39, 0.29) is 23.0 Å². The topological polar surface area (TPSA) is 82.0 Å². The molecule has 2 heterocycles. The Labute approximate surface area is 123 Å². The molecule has 0 saturated carbocycles. The summed E-state index contributed by atoms with van der Waals surface area (Å²) in [6, 6.07) is 8.24. The van der Waals surface area contributed by atoms with Gasteiger partial charge in [0.15, 0.2) is 11.5 Å². The lowest BCUT2D eigenvalue weighted by Gasteiger charge is -1.99. The van der Waals surface area contributed by atoms with E-state index >= 15 is 0 Å². The predicted octanol–water partition coefficient (Wildman–Crippen LogP) is 2.78. The molecule has 5 nitrogen and oxygen atoms in total. The summed E-state index contributed by atoms with van der Waals surface area (Å²) in [6.07, 6.45) is 1.48. The molecule has 0 radical (unpaired) electrons. The Hall–Kier alpha value is -3.09. The molecule has 0 aliphatic carbocycles. The first kappa shape index (κ1) is 13.9. The van der Waals surface area contributed by atoms with Crippen LogP contribution in [0.25, 0.3) is 22.9 Å². The Morgan fingerprint density at radius 1 is 1.09 bits per heavy atom. The summed E-state index contributed by atoms with van der Waals surface area (Å²) in [5, 5.41) is 0. The summed E-state index contributed by atoms with van der Waals surface area (Å²) < 4.78 is 33.0. The highest BCUT2D eigenvalue weighted by molar-refractivity contribution is 5.96. The lowest BCUT2D eigenvalue weighted by molar-refractivity contribution is 0.0996. The summed E-state index contributed by atoms with van der Waals surface area (Å²) in [5.74, 6) is -3.00. The molecule has 0 saturated heterocycles. The van der Waals surface area contributed by atoms with Crippen molar-refractivity contribution in [2.45, 2.75) is 0 Å². The summed E-state index contributed by atoms with van der Waals surface area (Å²) in [4.78, 5) is 19.3. The fraction of sp³-hybridized carbons (Fsp3) is 0. The summed E-state index contributed by atoms with van der Waals surface area (Å²) in [7, 11) is 0. The number of hydrogen-bond acceptors (Lipinski definition) is 4. The van der Waals surface area contributed by atoms with Gasteiger partial charge >= 0.3 is 0 Å². The van der Waals surface area contributed by atoms with Crippen LogP contribution in [0.4, 0.5) is 8.78 Å². The second-order valence-corrected chi connectivity index (χ2v) is 4.37. The van der Waals surface area contributed by atoms with E-state index in [1.54, 1.807) is 18.2 Å². The van der Waals surface area contributed by atoms with Crippen molar-refractivity contribution in [3.05, 3.63) is 59.9 Å². The Morgan fingerprint density at radius 2 is 1.82 bits per heavy atom. The van der Waals surface area contributed by atoms with E-state index < -0.39 is 23.1 Å². The first-order chi connectivity index (χ1) is 10.6. The summed E-state index contributed by atoms with van der Waals surface area (Å²) in [5.41, 5.74) is 4.82. The molecule has 1 amide bonds. The molecule has 7 heteroatoms. The van der Waals surface area contributed by atoms with Gasteiger partial charge < -0.3 is 10.2 Å². The molecule has 1 aromatic carbocycles. The normalized spacial score (nSPS) is 10.6. The van der Waals surface area contributed by atoms with Crippen LogP contribution < -0.4 is 5.73 Å². The van der Waals surface area contributed by atoms with E-state index in [4.69, 9.17) is 10.2 Å². The Morgan fingerprint density at radius 3 is 2.41 bits per heavy atom. The number of primary amides is 1. The quantitative estimate of drug-likeness (QED) is 0.806. The second-order valence-electron chi connectivity index (χ2n) is 4.37. The van der Waals surface area contributed by atoms with Gasteiger partial charge in [-0.05, 0) is 24.3 Å². The van der Waals surface area contributed by atoms with E-state index in [1.807, 2.05) is 0 Å². The third kappa shape index (κ3) is 2.32. The number of oxazole rings is 1. The fourth-order valence-corrected chi connectivity index (χ4v) is 1.97. The maximum Gasteiger partial charge on any atom is 0.271 e. The monoisotopic (exact) mass is 301 g/mol. The molecule has 0 unspecified atom stereocenters. The van der Waals surface area contributed by atoms with Crippen LogP contribution >= 0.6 is 0 Å². The van der Waals surface area contributed by atoms with Gasteiger partial charge in [0.2, 0.25) is 5.89 Å². The van der Waals surface area contributed by atoms with Gasteiger partial charge in [-0.25, -0.2) is 13.8 Å². The first-order valence-electron chi connectivity index (χ1n) is 6.24. The van der Waals surface area contributed by atoms with E-state index in [0.29, 0.717) is 0 Å². The lowest BCUT2D eigenvalue weighted by atomic mass is 10.2. The Kier molecular flexibility index (Phi) is 3.38. The molecule has 0 atom stereocenters. The molecule has 2 aromatic heterocycles. The average molecular weight is 301 g/mol. The number of nitrogens with zero attached hydrogens (tertiary/aromatic N) is 2. The molecule has 0 aliphatic heterocycles. The number of rotatable bonds is 3. The van der Waals surface area contributed by atoms with Gasteiger partial charge in [0.05, 0.1) is 0 Å². The number of nitrogens with two attached hydrogens (primary N) is 1. The van der Waals surface area contributed by atoms with Gasteiger partial charge in [-0.1, -0.05) is 12.1 Å². The fourth-order valence-electron chi connectivity index (χ4n) is 1.97. The van der Waals surface area contributed by atoms with Crippen molar-refractivity contribution in [2.75, 3.05) is 0 Å². The summed E-state index contributed by atoms with van der Waals surface area (Å²) in [6.45, 7) is 0. The van der Waals surface area contributed by atoms with E-state index in [2.05, 4.69) is 9.97 Å². The van der Waals surface area contributed by atoms with Gasteiger partial charge in [0.1, 0.15) is 22.9 Å². The molecule has 22 heavy (non-hydrogen) atoms. The second kappa shape index (κ2) is 5.36. The third-order valence-corrected chi connectivity index (χ3v) is 2.93. The average Bonchev–Trinajstić information content (AvgIpc) is 2.93. The van der Waals surface area contributed by atoms with Crippen molar-refractivity contribution >= 4 is 5.91 Å². The maximum absolute atomic E-state index is 13.8. The van der Waals surface area contributed by atoms with Gasteiger partial charge in [0.25, 0.3) is 5.91 Å². The number of carbonyl (C=O) groups is 1. The van der Waals surface area contributed by atoms with Crippen LogP contribution in [0.15, 0.2) is 47.0 Å². The number of amides is 1. The van der Waals surface area contributed by atoms with Crippen LogP contribution in [0.3, 0.4) is 0 Å². The molecular weight excluding hydrogens is 292 g/mol. The molecule has 110 valence electrons. The number of carbonyl (C=O) groups excluding carboxylic acids is 1. The largest absolute Gasteiger partial charge is 0.433 e. The minimum Gasteiger partial charge on any atom is -0.433 e. The number of hydrogen-bond donors (Lipinski definition) is 1. The number of halogens is 2. The van der Waals surface area contributed by atoms with E-state index in [1.165, 1.54) is 12.3 Å². The molecule has 0 spiro atoms. The SMILES string of the molecule is NC(=O)c1nc(-c2c(F)cccc2F)oc1-c1ccccn1. The highest BCUT2D eigenvalue weighted by Crippen LogP contribution is 2.31. The van der Waals surface area contributed by atoms with Gasteiger partial charge in [0, 0.05) is 6.20 Å². The molecule has 3 rings (SSSR count).